The standard InChI is InChI=1S/C16H14ClN5O2/c1-2-24-13-7-6-12(17)14(21-13)16(23)20-11-5-3-4-10(8-11)15-18-9-19-22-15/h3-9H,2H2,1H3,(H,20,23)(H,18,19,22). The molecule has 2 aromatic heterocycles. The molecule has 0 bridgehead atoms. The average molecular weight is 344 g/mol. The second-order valence-electron chi connectivity index (χ2n) is 4.78. The number of rotatable bonds is 5. The SMILES string of the molecule is CCOc1ccc(Cl)c(C(=O)Nc2cccc(-c3ncn[nH]3)c2)n1. The van der Waals surface area contributed by atoms with Gasteiger partial charge in [0.05, 0.1) is 11.6 Å². The highest BCUT2D eigenvalue weighted by Crippen LogP contribution is 2.22. The van der Waals surface area contributed by atoms with Gasteiger partial charge >= 0.3 is 0 Å². The molecule has 0 saturated heterocycles. The molecule has 0 aliphatic carbocycles. The molecule has 0 spiro atoms. The molecule has 0 fully saturated rings. The third kappa shape index (κ3) is 3.52. The Hall–Kier alpha value is -2.93. The van der Waals surface area contributed by atoms with Gasteiger partial charge in [0.15, 0.2) is 11.5 Å². The number of H-pyrrole nitrogens is 1. The summed E-state index contributed by atoms with van der Waals surface area (Å²) in [4.78, 5) is 20.7. The van der Waals surface area contributed by atoms with E-state index in [1.165, 1.54) is 6.33 Å². The Morgan fingerprint density at radius 2 is 2.21 bits per heavy atom. The van der Waals surface area contributed by atoms with E-state index in [9.17, 15) is 4.79 Å². The Bertz CT molecular complexity index is 851. The molecular weight excluding hydrogens is 330 g/mol. The number of hydrogen-bond acceptors (Lipinski definition) is 5. The first kappa shape index (κ1) is 15.9. The first-order valence-corrected chi connectivity index (χ1v) is 7.61. The monoisotopic (exact) mass is 343 g/mol. The fraction of sp³-hybridized carbons (Fsp3) is 0.125. The number of aromatic nitrogens is 4. The third-order valence-corrected chi connectivity index (χ3v) is 3.44. The van der Waals surface area contributed by atoms with Crippen LogP contribution in [0.3, 0.4) is 0 Å². The molecule has 3 rings (SSSR count). The van der Waals surface area contributed by atoms with Gasteiger partial charge < -0.3 is 10.1 Å². The molecule has 2 N–H and O–H groups in total. The molecule has 1 amide bonds. The lowest BCUT2D eigenvalue weighted by Crippen LogP contribution is -2.15. The zero-order valence-corrected chi connectivity index (χ0v) is 13.5. The molecule has 3 aromatic rings. The van der Waals surface area contributed by atoms with E-state index in [0.717, 1.165) is 5.56 Å². The molecule has 0 aliphatic heterocycles. The van der Waals surface area contributed by atoms with E-state index in [-0.39, 0.29) is 10.7 Å². The minimum absolute atomic E-state index is 0.104. The molecule has 0 radical (unpaired) electrons. The first-order valence-electron chi connectivity index (χ1n) is 7.24. The maximum Gasteiger partial charge on any atom is 0.275 e. The van der Waals surface area contributed by atoms with Crippen LogP contribution in [0.1, 0.15) is 17.4 Å². The number of carbonyl (C=O) groups excluding carboxylic acids is 1. The summed E-state index contributed by atoms with van der Waals surface area (Å²) in [5.74, 6) is 0.541. The van der Waals surface area contributed by atoms with Gasteiger partial charge in [0.25, 0.3) is 5.91 Å². The van der Waals surface area contributed by atoms with Crippen LogP contribution in [0.4, 0.5) is 5.69 Å². The van der Waals surface area contributed by atoms with Crippen LogP contribution >= 0.6 is 11.6 Å². The number of ether oxygens (including phenoxy) is 1. The molecule has 0 atom stereocenters. The Morgan fingerprint density at radius 3 is 2.96 bits per heavy atom. The number of hydrogen-bond donors (Lipinski definition) is 2. The number of nitrogens with one attached hydrogen (secondary N) is 2. The van der Waals surface area contributed by atoms with Crippen LogP contribution in [-0.4, -0.2) is 32.7 Å². The van der Waals surface area contributed by atoms with Gasteiger partial charge in [-0.05, 0) is 25.1 Å². The second-order valence-corrected chi connectivity index (χ2v) is 5.19. The number of aromatic amines is 1. The van der Waals surface area contributed by atoms with Crippen molar-refractivity contribution >= 4 is 23.2 Å². The number of halogens is 1. The summed E-state index contributed by atoms with van der Waals surface area (Å²) in [7, 11) is 0. The third-order valence-electron chi connectivity index (χ3n) is 3.14. The summed E-state index contributed by atoms with van der Waals surface area (Å²) in [5, 5.41) is 9.60. The summed E-state index contributed by atoms with van der Waals surface area (Å²) in [5.41, 5.74) is 1.49. The summed E-state index contributed by atoms with van der Waals surface area (Å²) in [6.07, 6.45) is 1.42. The fourth-order valence-corrected chi connectivity index (χ4v) is 2.28. The van der Waals surface area contributed by atoms with Crippen molar-refractivity contribution in [2.24, 2.45) is 0 Å². The number of pyridine rings is 1. The van der Waals surface area contributed by atoms with Gasteiger partial charge in [-0.1, -0.05) is 23.7 Å². The van der Waals surface area contributed by atoms with Crippen LogP contribution in [-0.2, 0) is 0 Å². The highest BCUT2D eigenvalue weighted by molar-refractivity contribution is 6.34. The van der Waals surface area contributed by atoms with Crippen molar-refractivity contribution < 1.29 is 9.53 Å². The predicted molar refractivity (Wildman–Crippen MR) is 90.2 cm³/mol. The maximum absolute atomic E-state index is 12.4. The topological polar surface area (TPSA) is 92.8 Å². The number of carbonyl (C=O) groups is 1. The zero-order valence-electron chi connectivity index (χ0n) is 12.8. The lowest BCUT2D eigenvalue weighted by atomic mass is 10.2. The normalized spacial score (nSPS) is 10.4. The Kier molecular flexibility index (Phi) is 4.72. The van der Waals surface area contributed by atoms with Crippen molar-refractivity contribution in [3.63, 3.8) is 0 Å². The van der Waals surface area contributed by atoms with E-state index in [1.54, 1.807) is 30.3 Å². The molecule has 0 unspecified atom stereocenters. The summed E-state index contributed by atoms with van der Waals surface area (Å²) >= 11 is 6.07. The van der Waals surface area contributed by atoms with E-state index in [4.69, 9.17) is 16.3 Å². The van der Waals surface area contributed by atoms with Crippen LogP contribution in [0.25, 0.3) is 11.4 Å². The van der Waals surface area contributed by atoms with E-state index in [0.29, 0.717) is 24.0 Å². The van der Waals surface area contributed by atoms with Gasteiger partial charge in [0.2, 0.25) is 5.88 Å². The van der Waals surface area contributed by atoms with Crippen LogP contribution in [0.15, 0.2) is 42.7 Å². The minimum Gasteiger partial charge on any atom is -0.478 e. The molecule has 122 valence electrons. The van der Waals surface area contributed by atoms with Crippen molar-refractivity contribution in [2.75, 3.05) is 11.9 Å². The smallest absolute Gasteiger partial charge is 0.275 e. The van der Waals surface area contributed by atoms with Crippen molar-refractivity contribution in [3.05, 3.63) is 53.4 Å². The molecule has 1 aromatic carbocycles. The van der Waals surface area contributed by atoms with E-state index in [1.807, 2.05) is 13.0 Å². The zero-order chi connectivity index (χ0) is 16.9. The first-order chi connectivity index (χ1) is 11.7. The van der Waals surface area contributed by atoms with E-state index < -0.39 is 5.91 Å². The van der Waals surface area contributed by atoms with Crippen molar-refractivity contribution in [2.45, 2.75) is 6.92 Å². The van der Waals surface area contributed by atoms with Crippen LogP contribution in [0, 0.1) is 0 Å². The largest absolute Gasteiger partial charge is 0.478 e. The Labute approximate surface area is 143 Å². The minimum atomic E-state index is -0.420. The number of benzene rings is 1. The highest BCUT2D eigenvalue weighted by atomic mass is 35.5. The fourth-order valence-electron chi connectivity index (χ4n) is 2.09. The number of anilines is 1. The van der Waals surface area contributed by atoms with Gasteiger partial charge in [0.1, 0.15) is 6.33 Å². The van der Waals surface area contributed by atoms with Crippen molar-refractivity contribution in [1.82, 2.24) is 20.2 Å². The summed E-state index contributed by atoms with van der Waals surface area (Å²) in [6.45, 7) is 2.29. The predicted octanol–water partition coefficient (Wildman–Crippen LogP) is 3.17. The highest BCUT2D eigenvalue weighted by Gasteiger charge is 2.14. The Morgan fingerprint density at radius 1 is 1.33 bits per heavy atom. The van der Waals surface area contributed by atoms with E-state index >= 15 is 0 Å². The second kappa shape index (κ2) is 7.10. The Balaban J connectivity index is 1.82. The molecular formula is C16H14ClN5O2. The van der Waals surface area contributed by atoms with Gasteiger partial charge in [0, 0.05) is 17.3 Å². The summed E-state index contributed by atoms with van der Waals surface area (Å²) < 4.78 is 5.30. The van der Waals surface area contributed by atoms with Gasteiger partial charge in [-0.2, -0.15) is 5.10 Å². The molecule has 8 heteroatoms. The van der Waals surface area contributed by atoms with Crippen molar-refractivity contribution in [3.8, 4) is 17.3 Å². The quantitative estimate of drug-likeness (QED) is 0.742. The van der Waals surface area contributed by atoms with Gasteiger partial charge in [-0.3, -0.25) is 9.89 Å². The van der Waals surface area contributed by atoms with Crippen LogP contribution in [0.2, 0.25) is 5.02 Å². The number of nitrogens with zero attached hydrogens (tertiary/aromatic N) is 3. The lowest BCUT2D eigenvalue weighted by Gasteiger charge is -2.09. The van der Waals surface area contributed by atoms with Crippen LogP contribution in [0.5, 0.6) is 5.88 Å². The number of amides is 1. The molecule has 7 nitrogen and oxygen atoms in total. The molecule has 0 aliphatic rings. The maximum atomic E-state index is 12.4. The van der Waals surface area contributed by atoms with E-state index in [2.05, 4.69) is 25.5 Å². The van der Waals surface area contributed by atoms with Crippen molar-refractivity contribution in [1.29, 1.82) is 0 Å². The molecule has 2 heterocycles. The van der Waals surface area contributed by atoms with Gasteiger partial charge in [-0.25, -0.2) is 9.97 Å². The lowest BCUT2D eigenvalue weighted by molar-refractivity contribution is 0.102. The molecule has 24 heavy (non-hydrogen) atoms. The van der Waals surface area contributed by atoms with Gasteiger partial charge in [-0.15, -0.1) is 0 Å². The van der Waals surface area contributed by atoms with Crippen LogP contribution < -0.4 is 10.1 Å². The average Bonchev–Trinajstić information content (AvgIpc) is 3.11. The summed E-state index contributed by atoms with van der Waals surface area (Å²) in [6, 6.07) is 10.4. The molecule has 0 saturated carbocycles.